The molecule has 8 heteroatoms. The summed E-state index contributed by atoms with van der Waals surface area (Å²) in [6.45, 7) is 0.629. The molecule has 0 radical (unpaired) electrons. The van der Waals surface area contributed by atoms with Gasteiger partial charge in [0.2, 0.25) is 0 Å². The number of hydrogen-bond donors (Lipinski definition) is 2. The molecule has 0 aliphatic heterocycles. The standard InChI is InChI=1S/C18H15N7O/c1-26-12-4-2-11(3-5-12)8-25-9-17(23-24-25)18-21-15-6-13-14(20-10-19-13)7-16(15)22-18/h2-7,9-10H,8H2,1H3,(H,19,20)(H,21,22). The van der Waals surface area contributed by atoms with E-state index in [1.807, 2.05) is 42.6 Å². The minimum atomic E-state index is 0.629. The number of aromatic amines is 2. The van der Waals surface area contributed by atoms with Gasteiger partial charge in [-0.15, -0.1) is 5.10 Å². The summed E-state index contributed by atoms with van der Waals surface area (Å²) in [4.78, 5) is 15.3. The van der Waals surface area contributed by atoms with Crippen molar-refractivity contribution in [3.8, 4) is 17.3 Å². The second-order valence-electron chi connectivity index (χ2n) is 6.02. The van der Waals surface area contributed by atoms with E-state index in [1.54, 1.807) is 18.1 Å². The van der Waals surface area contributed by atoms with Crippen LogP contribution in [-0.2, 0) is 6.54 Å². The number of methoxy groups -OCH3 is 1. The van der Waals surface area contributed by atoms with E-state index in [0.29, 0.717) is 18.1 Å². The number of fused-ring (bicyclic) bond motifs is 2. The second-order valence-corrected chi connectivity index (χ2v) is 6.02. The van der Waals surface area contributed by atoms with Gasteiger partial charge in [0.15, 0.2) is 5.82 Å². The number of imidazole rings is 2. The molecule has 0 saturated heterocycles. The van der Waals surface area contributed by atoms with Crippen molar-refractivity contribution >= 4 is 22.1 Å². The van der Waals surface area contributed by atoms with Gasteiger partial charge in [-0.05, 0) is 29.8 Å². The smallest absolute Gasteiger partial charge is 0.160 e. The Kier molecular flexibility index (Phi) is 3.21. The summed E-state index contributed by atoms with van der Waals surface area (Å²) in [7, 11) is 1.66. The lowest BCUT2D eigenvalue weighted by molar-refractivity contribution is 0.414. The Morgan fingerprint density at radius 3 is 2.81 bits per heavy atom. The molecule has 2 aromatic carbocycles. The Hall–Kier alpha value is -3.68. The van der Waals surface area contributed by atoms with Gasteiger partial charge in [0.1, 0.15) is 11.4 Å². The molecular weight excluding hydrogens is 330 g/mol. The minimum absolute atomic E-state index is 0.629. The molecule has 26 heavy (non-hydrogen) atoms. The molecule has 3 heterocycles. The molecule has 0 atom stereocenters. The Labute approximate surface area is 147 Å². The van der Waals surface area contributed by atoms with Crippen LogP contribution in [0.4, 0.5) is 0 Å². The van der Waals surface area contributed by atoms with Gasteiger partial charge in [0.25, 0.3) is 0 Å². The maximum absolute atomic E-state index is 5.18. The third kappa shape index (κ3) is 2.48. The van der Waals surface area contributed by atoms with Crippen LogP contribution in [0, 0.1) is 0 Å². The van der Waals surface area contributed by atoms with Crippen LogP contribution < -0.4 is 4.74 Å². The van der Waals surface area contributed by atoms with Gasteiger partial charge < -0.3 is 14.7 Å². The van der Waals surface area contributed by atoms with Gasteiger partial charge in [-0.1, -0.05) is 17.3 Å². The van der Waals surface area contributed by atoms with Crippen LogP contribution in [0.3, 0.4) is 0 Å². The Bertz CT molecular complexity index is 1150. The first kappa shape index (κ1) is 14.6. The fourth-order valence-corrected chi connectivity index (χ4v) is 2.96. The molecule has 0 unspecified atom stereocenters. The largest absolute Gasteiger partial charge is 0.497 e. The molecule has 0 amide bonds. The van der Waals surface area contributed by atoms with E-state index in [-0.39, 0.29) is 0 Å². The molecule has 0 fully saturated rings. The number of H-pyrrole nitrogens is 2. The van der Waals surface area contributed by atoms with E-state index in [4.69, 9.17) is 4.74 Å². The van der Waals surface area contributed by atoms with Crippen LogP contribution in [-0.4, -0.2) is 42.0 Å². The molecule has 0 spiro atoms. The van der Waals surface area contributed by atoms with Crippen molar-refractivity contribution in [2.24, 2.45) is 0 Å². The van der Waals surface area contributed by atoms with Crippen molar-refractivity contribution in [1.29, 1.82) is 0 Å². The number of hydrogen-bond acceptors (Lipinski definition) is 5. The van der Waals surface area contributed by atoms with Crippen LogP contribution in [0.5, 0.6) is 5.75 Å². The van der Waals surface area contributed by atoms with Crippen molar-refractivity contribution in [2.75, 3.05) is 7.11 Å². The number of nitrogens with one attached hydrogen (secondary N) is 2. The van der Waals surface area contributed by atoms with Crippen molar-refractivity contribution in [1.82, 2.24) is 34.9 Å². The number of ether oxygens (including phenoxy) is 1. The highest BCUT2D eigenvalue weighted by atomic mass is 16.5. The molecular formula is C18H15N7O. The highest BCUT2D eigenvalue weighted by Gasteiger charge is 2.11. The maximum atomic E-state index is 5.18. The van der Waals surface area contributed by atoms with Crippen LogP contribution >= 0.6 is 0 Å². The number of rotatable bonds is 4. The van der Waals surface area contributed by atoms with Crippen molar-refractivity contribution in [3.05, 3.63) is 54.5 Å². The summed E-state index contributed by atoms with van der Waals surface area (Å²) in [6, 6.07) is 11.8. The predicted molar refractivity (Wildman–Crippen MR) is 96.9 cm³/mol. The van der Waals surface area contributed by atoms with Crippen molar-refractivity contribution < 1.29 is 4.74 Å². The first-order chi connectivity index (χ1) is 12.8. The lowest BCUT2D eigenvalue weighted by atomic mass is 10.2. The number of aromatic nitrogens is 7. The van der Waals surface area contributed by atoms with Gasteiger partial charge >= 0.3 is 0 Å². The Balaban J connectivity index is 1.44. The SMILES string of the molecule is COc1ccc(Cn2cc(-c3nc4cc5nc[nH]c5cc4[nH]3)nn2)cc1. The Morgan fingerprint density at radius 2 is 1.96 bits per heavy atom. The van der Waals surface area contributed by atoms with E-state index in [0.717, 1.165) is 33.4 Å². The van der Waals surface area contributed by atoms with Crippen LogP contribution in [0.1, 0.15) is 5.56 Å². The van der Waals surface area contributed by atoms with Crippen LogP contribution in [0.25, 0.3) is 33.6 Å². The summed E-state index contributed by atoms with van der Waals surface area (Å²) in [6.07, 6.45) is 3.56. The first-order valence-corrected chi connectivity index (χ1v) is 8.15. The van der Waals surface area contributed by atoms with Gasteiger partial charge in [-0.2, -0.15) is 0 Å². The van der Waals surface area contributed by atoms with E-state index in [1.165, 1.54) is 0 Å². The monoisotopic (exact) mass is 345 g/mol. The molecule has 128 valence electrons. The summed E-state index contributed by atoms with van der Waals surface area (Å²) < 4.78 is 6.97. The minimum Gasteiger partial charge on any atom is -0.497 e. The average molecular weight is 345 g/mol. The lowest BCUT2D eigenvalue weighted by Crippen LogP contribution is -2.00. The zero-order chi connectivity index (χ0) is 17.5. The summed E-state index contributed by atoms with van der Waals surface area (Å²) in [5, 5.41) is 8.44. The van der Waals surface area contributed by atoms with E-state index < -0.39 is 0 Å². The molecule has 0 saturated carbocycles. The highest BCUT2D eigenvalue weighted by molar-refractivity contribution is 5.92. The van der Waals surface area contributed by atoms with E-state index in [9.17, 15) is 0 Å². The van der Waals surface area contributed by atoms with Crippen LogP contribution in [0.2, 0.25) is 0 Å². The number of benzene rings is 2. The fraction of sp³-hybridized carbons (Fsp3) is 0.111. The second kappa shape index (κ2) is 5.69. The van der Waals surface area contributed by atoms with Gasteiger partial charge in [-0.25, -0.2) is 14.6 Å². The zero-order valence-corrected chi connectivity index (χ0v) is 14.0. The summed E-state index contributed by atoms with van der Waals surface area (Å²) >= 11 is 0. The van der Waals surface area contributed by atoms with E-state index in [2.05, 4.69) is 30.2 Å². The first-order valence-electron chi connectivity index (χ1n) is 8.15. The average Bonchev–Trinajstić information content (AvgIpc) is 3.38. The lowest BCUT2D eigenvalue weighted by Gasteiger charge is -2.02. The molecule has 0 aliphatic carbocycles. The summed E-state index contributed by atoms with van der Waals surface area (Å²) in [5.41, 5.74) is 5.46. The molecule has 3 aromatic heterocycles. The molecule has 0 aliphatic rings. The number of nitrogens with zero attached hydrogens (tertiary/aromatic N) is 5. The van der Waals surface area contributed by atoms with Crippen LogP contribution in [0.15, 0.2) is 48.9 Å². The van der Waals surface area contributed by atoms with Gasteiger partial charge in [0, 0.05) is 0 Å². The molecule has 5 aromatic rings. The normalized spacial score (nSPS) is 11.4. The van der Waals surface area contributed by atoms with E-state index >= 15 is 0 Å². The van der Waals surface area contributed by atoms with Crippen molar-refractivity contribution in [3.63, 3.8) is 0 Å². The summed E-state index contributed by atoms with van der Waals surface area (Å²) in [5.74, 6) is 1.52. The molecule has 0 bridgehead atoms. The van der Waals surface area contributed by atoms with Crippen molar-refractivity contribution in [2.45, 2.75) is 6.54 Å². The topological polar surface area (TPSA) is 97.3 Å². The van der Waals surface area contributed by atoms with Gasteiger partial charge in [-0.3, -0.25) is 0 Å². The highest BCUT2D eigenvalue weighted by Crippen LogP contribution is 2.22. The van der Waals surface area contributed by atoms with Gasteiger partial charge in [0.05, 0.1) is 48.2 Å². The molecule has 2 N–H and O–H groups in total. The Morgan fingerprint density at radius 1 is 1.08 bits per heavy atom. The molecule has 8 nitrogen and oxygen atoms in total. The zero-order valence-electron chi connectivity index (χ0n) is 14.0. The third-order valence-electron chi connectivity index (χ3n) is 4.31. The molecule has 5 rings (SSSR count). The maximum Gasteiger partial charge on any atom is 0.160 e. The third-order valence-corrected chi connectivity index (χ3v) is 4.31. The predicted octanol–water partition coefficient (Wildman–Crippen LogP) is 2.75. The fourth-order valence-electron chi connectivity index (χ4n) is 2.96. The quantitative estimate of drug-likeness (QED) is 0.522.